The Hall–Kier alpha value is -0.740. The third-order valence-corrected chi connectivity index (χ3v) is 4.62. The van der Waals surface area contributed by atoms with Crippen LogP contribution in [0.2, 0.25) is 0 Å². The average molecular weight is 275 g/mol. The highest BCUT2D eigenvalue weighted by Crippen LogP contribution is 2.58. The van der Waals surface area contributed by atoms with Crippen LogP contribution in [0.5, 0.6) is 0 Å². The zero-order valence-corrected chi connectivity index (χ0v) is 11.7. The van der Waals surface area contributed by atoms with Crippen molar-refractivity contribution in [2.24, 2.45) is 5.73 Å². The molecule has 0 radical (unpaired) electrons. The number of hydrogen-bond donors (Lipinski definition) is 1. The van der Waals surface area contributed by atoms with E-state index in [4.69, 9.17) is 14.8 Å². The minimum Gasteiger partial charge on any atom is -0.314 e. The lowest BCUT2D eigenvalue weighted by Crippen LogP contribution is -2.16. The topological polar surface area (TPSA) is 61.5 Å². The van der Waals surface area contributed by atoms with Crippen molar-refractivity contribution < 1.29 is 18.0 Å². The molecule has 0 aromatic heterocycles. The summed E-state index contributed by atoms with van der Waals surface area (Å²) in [5, 5.41) is 0. The fourth-order valence-corrected chi connectivity index (χ4v) is 3.27. The van der Waals surface area contributed by atoms with Crippen LogP contribution in [0.3, 0.4) is 0 Å². The maximum Gasteiger partial charge on any atom is 0.351 e. The van der Waals surface area contributed by atoms with Gasteiger partial charge >= 0.3 is 7.60 Å². The van der Waals surface area contributed by atoms with E-state index in [-0.39, 0.29) is 18.8 Å². The van der Waals surface area contributed by atoms with E-state index in [9.17, 15) is 8.96 Å². The summed E-state index contributed by atoms with van der Waals surface area (Å²) in [6.45, 7) is 5.56. The van der Waals surface area contributed by atoms with Gasteiger partial charge < -0.3 is 14.8 Å². The largest absolute Gasteiger partial charge is 0.351 e. The van der Waals surface area contributed by atoms with E-state index in [1.165, 1.54) is 6.07 Å². The summed E-state index contributed by atoms with van der Waals surface area (Å²) in [6, 6.07) is 4.48. The van der Waals surface area contributed by atoms with Gasteiger partial charge in [-0.05, 0) is 26.8 Å². The molecule has 0 aliphatic rings. The first-order valence-electron chi connectivity index (χ1n) is 5.85. The zero-order chi connectivity index (χ0) is 13.8. The van der Waals surface area contributed by atoms with E-state index in [0.29, 0.717) is 0 Å². The average Bonchev–Trinajstić information content (AvgIpc) is 2.32. The predicted octanol–water partition coefficient (Wildman–Crippen LogP) is 3.36. The molecule has 0 aliphatic carbocycles. The quantitative estimate of drug-likeness (QED) is 0.809. The maximum atomic E-state index is 13.7. The van der Waals surface area contributed by atoms with Crippen LogP contribution in [-0.2, 0) is 13.6 Å². The SMILES string of the molecule is CCOP(=O)(OCC)[C@H](N)c1cc(C)ccc1F. The van der Waals surface area contributed by atoms with Gasteiger partial charge in [0.1, 0.15) is 11.6 Å². The number of rotatable bonds is 6. The van der Waals surface area contributed by atoms with Crippen LogP contribution in [0.15, 0.2) is 18.2 Å². The summed E-state index contributed by atoms with van der Waals surface area (Å²) in [5.74, 6) is -1.62. The smallest absolute Gasteiger partial charge is 0.314 e. The summed E-state index contributed by atoms with van der Waals surface area (Å²) in [4.78, 5) is 0. The van der Waals surface area contributed by atoms with Gasteiger partial charge in [0.15, 0.2) is 0 Å². The Bertz CT molecular complexity index is 443. The first-order valence-corrected chi connectivity index (χ1v) is 7.46. The summed E-state index contributed by atoms with van der Waals surface area (Å²) in [7, 11) is -3.54. The molecule has 18 heavy (non-hydrogen) atoms. The highest BCUT2D eigenvalue weighted by Gasteiger charge is 2.35. The Kier molecular flexibility index (Phi) is 5.47. The Morgan fingerprint density at radius 2 is 1.89 bits per heavy atom. The number of hydrogen-bond acceptors (Lipinski definition) is 4. The van der Waals surface area contributed by atoms with E-state index < -0.39 is 19.2 Å². The van der Waals surface area contributed by atoms with Crippen molar-refractivity contribution in [3.05, 3.63) is 35.1 Å². The first kappa shape index (κ1) is 15.3. The highest BCUT2D eigenvalue weighted by molar-refractivity contribution is 7.54. The van der Waals surface area contributed by atoms with Gasteiger partial charge in [0.05, 0.1) is 13.2 Å². The molecule has 1 rings (SSSR count). The number of halogens is 1. The number of nitrogens with two attached hydrogens (primary N) is 1. The lowest BCUT2D eigenvalue weighted by Gasteiger charge is -2.23. The number of aryl methyl sites for hydroxylation is 1. The van der Waals surface area contributed by atoms with E-state index in [2.05, 4.69) is 0 Å². The number of benzene rings is 1. The van der Waals surface area contributed by atoms with Gasteiger partial charge in [-0.25, -0.2) is 4.39 Å². The fourth-order valence-electron chi connectivity index (χ4n) is 1.62. The van der Waals surface area contributed by atoms with Gasteiger partial charge in [-0.15, -0.1) is 0 Å². The second kappa shape index (κ2) is 6.43. The molecule has 0 saturated heterocycles. The van der Waals surface area contributed by atoms with Crippen LogP contribution < -0.4 is 5.73 Å². The molecule has 0 saturated carbocycles. The van der Waals surface area contributed by atoms with Crippen molar-refractivity contribution in [3.63, 3.8) is 0 Å². The third kappa shape index (κ3) is 3.39. The minimum absolute atomic E-state index is 0.153. The summed E-state index contributed by atoms with van der Waals surface area (Å²) in [6.07, 6.45) is 0. The lowest BCUT2D eigenvalue weighted by molar-refractivity contribution is 0.212. The van der Waals surface area contributed by atoms with Crippen molar-refractivity contribution >= 4 is 7.60 Å². The Morgan fingerprint density at radius 3 is 2.39 bits per heavy atom. The summed E-state index contributed by atoms with van der Waals surface area (Å²) < 4.78 is 36.4. The van der Waals surface area contributed by atoms with Gasteiger partial charge in [-0.2, -0.15) is 0 Å². The van der Waals surface area contributed by atoms with Crippen molar-refractivity contribution in [3.8, 4) is 0 Å². The standard InChI is InChI=1S/C12H19FNO3P/c1-4-16-18(15,17-5-2)12(14)10-8-9(3)6-7-11(10)13/h6-8,12H,4-5,14H2,1-3H3/t12-/m0/s1. The van der Waals surface area contributed by atoms with Crippen molar-refractivity contribution in [1.29, 1.82) is 0 Å². The second-order valence-corrected chi connectivity index (χ2v) is 6.00. The van der Waals surface area contributed by atoms with E-state index in [0.717, 1.165) is 5.56 Å². The van der Waals surface area contributed by atoms with Crippen LogP contribution in [0.1, 0.15) is 30.8 Å². The second-order valence-electron chi connectivity index (χ2n) is 3.85. The molecule has 6 heteroatoms. The van der Waals surface area contributed by atoms with E-state index in [1.54, 1.807) is 26.0 Å². The first-order chi connectivity index (χ1) is 8.44. The zero-order valence-electron chi connectivity index (χ0n) is 10.9. The molecule has 0 unspecified atom stereocenters. The van der Waals surface area contributed by atoms with Gasteiger partial charge in [0.2, 0.25) is 0 Å². The van der Waals surface area contributed by atoms with Gasteiger partial charge in [-0.1, -0.05) is 17.7 Å². The van der Waals surface area contributed by atoms with Gasteiger partial charge in [0, 0.05) is 5.56 Å². The molecule has 0 bridgehead atoms. The molecular weight excluding hydrogens is 256 g/mol. The molecule has 102 valence electrons. The molecular formula is C12H19FNO3P. The fraction of sp³-hybridized carbons (Fsp3) is 0.500. The maximum absolute atomic E-state index is 13.7. The molecule has 0 fully saturated rings. The predicted molar refractivity (Wildman–Crippen MR) is 68.9 cm³/mol. The minimum atomic E-state index is -3.54. The van der Waals surface area contributed by atoms with Gasteiger partial charge in [0.25, 0.3) is 0 Å². The molecule has 0 spiro atoms. The van der Waals surface area contributed by atoms with Crippen LogP contribution in [0, 0.1) is 12.7 Å². The highest BCUT2D eigenvalue weighted by atomic mass is 31.2. The molecule has 2 N–H and O–H groups in total. The van der Waals surface area contributed by atoms with E-state index >= 15 is 0 Å². The van der Waals surface area contributed by atoms with Crippen molar-refractivity contribution in [2.45, 2.75) is 26.6 Å². The summed E-state index contributed by atoms with van der Waals surface area (Å²) >= 11 is 0. The monoisotopic (exact) mass is 275 g/mol. The Balaban J connectivity index is 3.13. The third-order valence-electron chi connectivity index (χ3n) is 2.43. The molecule has 0 amide bonds. The Labute approximate surface area is 107 Å². The van der Waals surface area contributed by atoms with Crippen molar-refractivity contribution in [2.75, 3.05) is 13.2 Å². The molecule has 1 atom stereocenters. The lowest BCUT2D eigenvalue weighted by atomic mass is 10.1. The van der Waals surface area contributed by atoms with Crippen molar-refractivity contribution in [1.82, 2.24) is 0 Å². The normalized spacial score (nSPS) is 13.6. The summed E-state index contributed by atoms with van der Waals surface area (Å²) in [5.41, 5.74) is 6.85. The van der Waals surface area contributed by atoms with E-state index in [1.807, 2.05) is 6.92 Å². The van der Waals surface area contributed by atoms with Crippen LogP contribution >= 0.6 is 7.60 Å². The Morgan fingerprint density at radius 1 is 1.33 bits per heavy atom. The molecule has 1 aromatic rings. The van der Waals surface area contributed by atoms with Crippen LogP contribution in [0.4, 0.5) is 4.39 Å². The molecule has 0 aliphatic heterocycles. The molecule has 4 nitrogen and oxygen atoms in total. The van der Waals surface area contributed by atoms with Crippen LogP contribution in [-0.4, -0.2) is 13.2 Å². The van der Waals surface area contributed by atoms with Crippen LogP contribution in [0.25, 0.3) is 0 Å². The van der Waals surface area contributed by atoms with Gasteiger partial charge in [-0.3, -0.25) is 4.57 Å². The molecule has 1 aromatic carbocycles. The molecule has 0 heterocycles.